The van der Waals surface area contributed by atoms with Gasteiger partial charge >= 0.3 is 6.61 Å². The van der Waals surface area contributed by atoms with Crippen molar-refractivity contribution in [3.63, 3.8) is 0 Å². The van der Waals surface area contributed by atoms with Gasteiger partial charge in [-0.1, -0.05) is 62.9 Å². The zero-order chi connectivity index (χ0) is 29.2. The highest BCUT2D eigenvalue weighted by Crippen LogP contribution is 2.27. The van der Waals surface area contributed by atoms with Crippen molar-refractivity contribution in [3.05, 3.63) is 101 Å². The van der Waals surface area contributed by atoms with Gasteiger partial charge < -0.3 is 9.47 Å². The van der Waals surface area contributed by atoms with E-state index in [1.54, 1.807) is 18.3 Å². The van der Waals surface area contributed by atoms with Crippen LogP contribution in [-0.4, -0.2) is 18.2 Å². The third-order valence-electron chi connectivity index (χ3n) is 7.03. The molecular formula is C33H34F5NO2. The van der Waals surface area contributed by atoms with Crippen molar-refractivity contribution in [3.8, 4) is 11.5 Å². The van der Waals surface area contributed by atoms with Crippen molar-refractivity contribution in [1.29, 1.82) is 0 Å². The van der Waals surface area contributed by atoms with E-state index in [-0.39, 0.29) is 18.4 Å². The average Bonchev–Trinajstić information content (AvgIpc) is 2.96. The fourth-order valence-electron chi connectivity index (χ4n) is 4.78. The van der Waals surface area contributed by atoms with Crippen LogP contribution in [0.3, 0.4) is 0 Å². The normalized spacial score (nSPS) is 11.4. The van der Waals surface area contributed by atoms with Gasteiger partial charge in [0.25, 0.3) is 0 Å². The Labute approximate surface area is 237 Å². The minimum atomic E-state index is -3.34. The first-order chi connectivity index (χ1) is 19.8. The van der Waals surface area contributed by atoms with Gasteiger partial charge in [-0.3, -0.25) is 4.98 Å². The lowest BCUT2D eigenvalue weighted by atomic mass is 9.97. The van der Waals surface area contributed by atoms with E-state index in [0.717, 1.165) is 53.8 Å². The van der Waals surface area contributed by atoms with Crippen LogP contribution < -0.4 is 9.47 Å². The predicted molar refractivity (Wildman–Crippen MR) is 150 cm³/mol. The van der Waals surface area contributed by atoms with Gasteiger partial charge in [0, 0.05) is 11.1 Å². The topological polar surface area (TPSA) is 31.4 Å². The molecule has 41 heavy (non-hydrogen) atoms. The van der Waals surface area contributed by atoms with Crippen LogP contribution in [0.4, 0.5) is 22.0 Å². The second-order valence-electron chi connectivity index (χ2n) is 10.1. The van der Waals surface area contributed by atoms with Crippen LogP contribution in [0.2, 0.25) is 0 Å². The first kappa shape index (κ1) is 30.3. The number of rotatable bonds is 15. The highest BCUT2D eigenvalue weighted by atomic mass is 19.3. The number of pyridine rings is 1. The molecule has 1 aromatic heterocycles. The molecule has 3 aromatic carbocycles. The molecule has 0 saturated heterocycles. The first-order valence-electron chi connectivity index (χ1n) is 14.0. The Balaban J connectivity index is 1.32. The molecule has 0 amide bonds. The minimum absolute atomic E-state index is 0.124. The number of nitrogens with zero attached hydrogens (tertiary/aromatic N) is 1. The Hall–Kier alpha value is -3.68. The van der Waals surface area contributed by atoms with E-state index < -0.39 is 29.8 Å². The van der Waals surface area contributed by atoms with Gasteiger partial charge in [-0.05, 0) is 78.4 Å². The van der Waals surface area contributed by atoms with E-state index in [1.165, 1.54) is 25.7 Å². The van der Waals surface area contributed by atoms with Crippen molar-refractivity contribution >= 4 is 10.8 Å². The fourth-order valence-corrected chi connectivity index (χ4v) is 4.78. The zero-order valence-electron chi connectivity index (χ0n) is 23.1. The summed E-state index contributed by atoms with van der Waals surface area (Å²) in [6.07, 6.45) is 9.49. The largest absolute Gasteiger partial charge is 0.492 e. The number of hydrogen-bond donors (Lipinski definition) is 0. The summed E-state index contributed by atoms with van der Waals surface area (Å²) in [5.74, 6) is -3.19. The molecule has 0 N–H and O–H groups in total. The zero-order valence-corrected chi connectivity index (χ0v) is 23.1. The Morgan fingerprint density at radius 2 is 1.51 bits per heavy atom. The van der Waals surface area contributed by atoms with Gasteiger partial charge in [-0.15, -0.1) is 0 Å². The summed E-state index contributed by atoms with van der Waals surface area (Å²) < 4.78 is 77.7. The molecule has 0 aliphatic rings. The van der Waals surface area contributed by atoms with Gasteiger partial charge in [0.05, 0.1) is 12.8 Å². The van der Waals surface area contributed by atoms with Crippen LogP contribution >= 0.6 is 0 Å². The van der Waals surface area contributed by atoms with Gasteiger partial charge in [0.15, 0.2) is 17.4 Å². The molecule has 0 aliphatic carbocycles. The summed E-state index contributed by atoms with van der Waals surface area (Å²) in [5.41, 5.74) is 2.61. The Bertz CT molecular complexity index is 1400. The number of aromatic nitrogens is 1. The number of ether oxygens (including phenoxy) is 2. The summed E-state index contributed by atoms with van der Waals surface area (Å²) in [4.78, 5) is 4.51. The molecule has 0 radical (unpaired) electrons. The summed E-state index contributed by atoms with van der Waals surface area (Å²) in [6.45, 7) is -0.443. The average molecular weight is 572 g/mol. The standard InChI is InChI=1S/C33H34F5NO2/c1-2-3-4-5-6-17-40-27-15-14-26(39-21-27)13-8-22-9-16-28-25(18-22)12-11-24(31(28)36)10-7-23-19-29(34)32(30(35)20-23)41-33(37)38/h9,11-12,14-16,18-21,33H,2-8,10,13,17H2,1H3. The molecule has 0 fully saturated rings. The molecule has 218 valence electrons. The van der Waals surface area contributed by atoms with Crippen molar-refractivity contribution in [1.82, 2.24) is 4.98 Å². The van der Waals surface area contributed by atoms with E-state index in [2.05, 4.69) is 16.6 Å². The number of alkyl halides is 2. The molecule has 0 unspecified atom stereocenters. The van der Waals surface area contributed by atoms with Gasteiger partial charge in [0.2, 0.25) is 0 Å². The summed E-state index contributed by atoms with van der Waals surface area (Å²) in [6, 6.07) is 14.8. The van der Waals surface area contributed by atoms with Crippen LogP contribution in [0.5, 0.6) is 11.5 Å². The highest BCUT2D eigenvalue weighted by molar-refractivity contribution is 5.84. The lowest BCUT2D eigenvalue weighted by Crippen LogP contribution is -2.06. The number of aryl methyl sites for hydroxylation is 4. The van der Waals surface area contributed by atoms with Crippen molar-refractivity contribution in [2.45, 2.75) is 71.3 Å². The molecular weight excluding hydrogens is 537 g/mol. The molecule has 0 atom stereocenters. The summed E-state index contributed by atoms with van der Waals surface area (Å²) in [5, 5.41) is 1.21. The number of unbranched alkanes of at least 4 members (excludes halogenated alkanes) is 4. The second kappa shape index (κ2) is 14.8. The van der Waals surface area contributed by atoms with E-state index >= 15 is 4.39 Å². The molecule has 0 bridgehead atoms. The number of benzene rings is 3. The first-order valence-corrected chi connectivity index (χ1v) is 14.0. The smallest absolute Gasteiger partial charge is 0.387 e. The van der Waals surface area contributed by atoms with Gasteiger partial charge in [0.1, 0.15) is 11.6 Å². The van der Waals surface area contributed by atoms with Crippen LogP contribution in [0.15, 0.2) is 60.8 Å². The maximum atomic E-state index is 15.3. The van der Waals surface area contributed by atoms with Crippen molar-refractivity contribution < 1.29 is 31.4 Å². The van der Waals surface area contributed by atoms with E-state index in [4.69, 9.17) is 4.74 Å². The summed E-state index contributed by atoms with van der Waals surface area (Å²) in [7, 11) is 0. The Morgan fingerprint density at radius 1 is 0.756 bits per heavy atom. The molecule has 0 aliphatic heterocycles. The SMILES string of the molecule is CCCCCCCOc1ccc(CCc2ccc3c(F)c(CCc4cc(F)c(OC(F)F)c(F)c4)ccc3c2)nc1. The van der Waals surface area contributed by atoms with E-state index in [0.29, 0.717) is 17.6 Å². The maximum Gasteiger partial charge on any atom is 0.387 e. The Kier molecular flexibility index (Phi) is 10.9. The van der Waals surface area contributed by atoms with Crippen LogP contribution in [0, 0.1) is 17.5 Å². The number of halogens is 5. The second-order valence-corrected chi connectivity index (χ2v) is 10.1. The monoisotopic (exact) mass is 571 g/mol. The molecule has 4 rings (SSSR count). The lowest BCUT2D eigenvalue weighted by molar-refractivity contribution is -0.0546. The number of fused-ring (bicyclic) bond motifs is 1. The van der Waals surface area contributed by atoms with Crippen LogP contribution in [0.1, 0.15) is 61.4 Å². The van der Waals surface area contributed by atoms with Crippen LogP contribution in [0.25, 0.3) is 10.8 Å². The van der Waals surface area contributed by atoms with E-state index in [9.17, 15) is 17.6 Å². The van der Waals surface area contributed by atoms with Crippen molar-refractivity contribution in [2.75, 3.05) is 6.61 Å². The van der Waals surface area contributed by atoms with E-state index in [1.807, 2.05) is 30.3 Å². The lowest BCUT2D eigenvalue weighted by Gasteiger charge is -2.11. The summed E-state index contributed by atoms with van der Waals surface area (Å²) >= 11 is 0. The predicted octanol–water partition coefficient (Wildman–Crippen LogP) is 9.17. The maximum absolute atomic E-state index is 15.3. The van der Waals surface area contributed by atoms with Gasteiger partial charge in [-0.25, -0.2) is 13.2 Å². The molecule has 1 heterocycles. The molecule has 8 heteroatoms. The highest BCUT2D eigenvalue weighted by Gasteiger charge is 2.17. The van der Waals surface area contributed by atoms with Crippen LogP contribution in [-0.2, 0) is 25.7 Å². The minimum Gasteiger partial charge on any atom is -0.492 e. The quantitative estimate of drug-likeness (QED) is 0.105. The number of hydrogen-bond acceptors (Lipinski definition) is 3. The van der Waals surface area contributed by atoms with Crippen molar-refractivity contribution in [2.24, 2.45) is 0 Å². The molecule has 4 aromatic rings. The Morgan fingerprint density at radius 3 is 2.22 bits per heavy atom. The van der Waals surface area contributed by atoms with Gasteiger partial charge in [-0.2, -0.15) is 8.78 Å². The fraction of sp³-hybridized carbons (Fsp3) is 0.364. The third kappa shape index (κ3) is 8.65. The molecule has 3 nitrogen and oxygen atoms in total. The molecule has 0 spiro atoms. The molecule has 0 saturated carbocycles. The third-order valence-corrected chi connectivity index (χ3v) is 7.03.